The molecule has 1 aliphatic heterocycles. The van der Waals surface area contributed by atoms with E-state index in [1.165, 1.54) is 54.6 Å². The van der Waals surface area contributed by atoms with Gasteiger partial charge in [0.25, 0.3) is 0 Å². The van der Waals surface area contributed by atoms with Crippen molar-refractivity contribution in [2.75, 3.05) is 0 Å². The van der Waals surface area contributed by atoms with E-state index in [0.717, 1.165) is 22.5 Å². The van der Waals surface area contributed by atoms with Gasteiger partial charge < -0.3 is 5.32 Å². The van der Waals surface area contributed by atoms with Crippen LogP contribution in [-0.2, 0) is 0 Å². The Balaban J connectivity index is 1.23. The number of benzene rings is 8. The minimum Gasteiger partial charge on any atom is -0.350 e. The molecule has 2 atom stereocenters. The Bertz CT molecular complexity index is 2360. The Morgan fingerprint density at radius 2 is 0.833 bits per heavy atom. The van der Waals surface area contributed by atoms with Crippen molar-refractivity contribution in [3.63, 3.8) is 0 Å². The van der Waals surface area contributed by atoms with Crippen molar-refractivity contribution in [3.05, 3.63) is 193 Å². The summed E-state index contributed by atoms with van der Waals surface area (Å²) in [5.41, 5.74) is 8.05. The maximum atomic E-state index is 5.41. The van der Waals surface area contributed by atoms with E-state index < -0.39 is 0 Å². The number of hydrogen-bond acceptors (Lipinski definition) is 3. The fourth-order valence-electron chi connectivity index (χ4n) is 7.15. The van der Waals surface area contributed by atoms with Crippen molar-refractivity contribution in [1.82, 2.24) is 10.6 Å². The quantitative estimate of drug-likeness (QED) is 0.189. The van der Waals surface area contributed by atoms with Gasteiger partial charge in [-0.2, -0.15) is 0 Å². The van der Waals surface area contributed by atoms with Gasteiger partial charge in [-0.25, -0.2) is 4.99 Å². The molecule has 0 saturated carbocycles. The average Bonchev–Trinajstić information content (AvgIpc) is 3.18. The summed E-state index contributed by atoms with van der Waals surface area (Å²) in [6.07, 6.45) is -0.407. The summed E-state index contributed by atoms with van der Waals surface area (Å²) in [6, 6.07) is 62.9. The lowest BCUT2D eigenvalue weighted by Crippen LogP contribution is -2.44. The Kier molecular flexibility index (Phi) is 7.03. The molecular weight excluding hydrogens is 583 g/mol. The van der Waals surface area contributed by atoms with Gasteiger partial charge in [0.2, 0.25) is 0 Å². The van der Waals surface area contributed by atoms with Crippen LogP contribution in [0.2, 0.25) is 0 Å². The zero-order valence-corrected chi connectivity index (χ0v) is 26.3. The van der Waals surface area contributed by atoms with Crippen molar-refractivity contribution in [2.45, 2.75) is 12.3 Å². The molecule has 48 heavy (non-hydrogen) atoms. The highest BCUT2D eigenvalue weighted by Gasteiger charge is 2.26. The summed E-state index contributed by atoms with van der Waals surface area (Å²) in [5, 5.41) is 15.2. The Hall–Kier alpha value is -6.03. The zero-order valence-electron chi connectivity index (χ0n) is 26.3. The summed E-state index contributed by atoms with van der Waals surface area (Å²) < 4.78 is 0. The van der Waals surface area contributed by atoms with Gasteiger partial charge in [-0.15, -0.1) is 0 Å². The lowest BCUT2D eigenvalue weighted by molar-refractivity contribution is 0.409. The molecule has 0 saturated heterocycles. The largest absolute Gasteiger partial charge is 0.350 e. The van der Waals surface area contributed by atoms with Crippen LogP contribution in [0.4, 0.5) is 0 Å². The van der Waals surface area contributed by atoms with Crippen LogP contribution in [0.15, 0.2) is 181 Å². The molecule has 2 N–H and O–H groups in total. The van der Waals surface area contributed by atoms with Crippen LogP contribution >= 0.6 is 0 Å². The topological polar surface area (TPSA) is 36.4 Å². The molecule has 8 aromatic carbocycles. The third-order valence-corrected chi connectivity index (χ3v) is 9.50. The van der Waals surface area contributed by atoms with Gasteiger partial charge in [0.15, 0.2) is 0 Å². The monoisotopic (exact) mass is 615 g/mol. The predicted octanol–water partition coefficient (Wildman–Crippen LogP) is 10.8. The molecule has 1 heterocycles. The number of aliphatic imine (C=N–C) groups is 1. The predicted molar refractivity (Wildman–Crippen MR) is 201 cm³/mol. The molecule has 8 aromatic rings. The van der Waals surface area contributed by atoms with Gasteiger partial charge in [-0.1, -0.05) is 152 Å². The third-order valence-electron chi connectivity index (χ3n) is 9.50. The molecular formula is C45H33N3. The van der Waals surface area contributed by atoms with Gasteiger partial charge in [-0.3, -0.25) is 5.32 Å². The molecule has 0 radical (unpaired) electrons. The van der Waals surface area contributed by atoms with Crippen LogP contribution in [-0.4, -0.2) is 5.84 Å². The van der Waals surface area contributed by atoms with E-state index in [1.807, 2.05) is 0 Å². The fraction of sp³-hybridized carbons (Fsp3) is 0.0444. The molecule has 3 nitrogen and oxygen atoms in total. The molecule has 0 aromatic heterocycles. The first-order valence-corrected chi connectivity index (χ1v) is 16.5. The SMILES string of the molecule is c1ccc(-c2cc(-c3ccccc3)cc(C3N=C(c4ccc5c6ccccc6c6ccccc6c5c4)NC(c4ccccc4)N3)c2)cc1. The van der Waals surface area contributed by atoms with Gasteiger partial charge >= 0.3 is 0 Å². The summed E-state index contributed by atoms with van der Waals surface area (Å²) >= 11 is 0. The first-order chi connectivity index (χ1) is 23.8. The van der Waals surface area contributed by atoms with Crippen LogP contribution < -0.4 is 10.6 Å². The highest BCUT2D eigenvalue weighted by Crippen LogP contribution is 2.37. The summed E-state index contributed by atoms with van der Waals surface area (Å²) in [4.78, 5) is 5.41. The van der Waals surface area contributed by atoms with E-state index in [0.29, 0.717) is 0 Å². The summed E-state index contributed by atoms with van der Waals surface area (Å²) in [6.45, 7) is 0. The molecule has 3 heteroatoms. The number of rotatable bonds is 5. The summed E-state index contributed by atoms with van der Waals surface area (Å²) in [5.74, 6) is 0.873. The first kappa shape index (κ1) is 28.2. The minimum atomic E-state index is -0.276. The fourth-order valence-corrected chi connectivity index (χ4v) is 7.15. The van der Waals surface area contributed by atoms with Crippen LogP contribution in [0.25, 0.3) is 54.6 Å². The molecule has 1 aliphatic rings. The molecule has 9 rings (SSSR count). The van der Waals surface area contributed by atoms with E-state index in [4.69, 9.17) is 4.99 Å². The van der Waals surface area contributed by atoms with Gasteiger partial charge in [-0.05, 0) is 90.0 Å². The zero-order chi connectivity index (χ0) is 31.9. The number of nitrogens with zero attached hydrogens (tertiary/aromatic N) is 1. The second kappa shape index (κ2) is 12.0. The van der Waals surface area contributed by atoms with Gasteiger partial charge in [0.1, 0.15) is 18.2 Å². The number of amidine groups is 1. The second-order valence-corrected chi connectivity index (χ2v) is 12.5. The number of nitrogens with one attached hydrogen (secondary N) is 2. The van der Waals surface area contributed by atoms with Crippen molar-refractivity contribution >= 4 is 38.2 Å². The Labute approximate surface area is 280 Å². The van der Waals surface area contributed by atoms with Crippen LogP contribution in [0, 0.1) is 0 Å². The Morgan fingerprint density at radius 1 is 0.354 bits per heavy atom. The standard InChI is InChI=1S/C45H33N3/c1-4-14-30(15-5-1)34-26-35(31-16-6-2-7-17-31)28-36(27-34)45-47-43(32-18-8-3-9-19-32)46-44(48-45)33-24-25-41-39-22-11-10-20-37(39)38-21-12-13-23-40(38)42(41)29-33/h1-29,43,45,47H,(H,46,48). The van der Waals surface area contributed by atoms with Crippen molar-refractivity contribution in [3.8, 4) is 22.3 Å². The second-order valence-electron chi connectivity index (χ2n) is 12.5. The van der Waals surface area contributed by atoms with Crippen molar-refractivity contribution in [1.29, 1.82) is 0 Å². The Morgan fingerprint density at radius 3 is 1.40 bits per heavy atom. The highest BCUT2D eigenvalue weighted by molar-refractivity contribution is 6.26. The van der Waals surface area contributed by atoms with Crippen molar-refractivity contribution in [2.24, 2.45) is 4.99 Å². The lowest BCUT2D eigenvalue weighted by atomic mass is 9.93. The average molecular weight is 616 g/mol. The maximum Gasteiger partial charge on any atom is 0.131 e. The van der Waals surface area contributed by atoms with Gasteiger partial charge in [0.05, 0.1) is 0 Å². The summed E-state index contributed by atoms with van der Waals surface area (Å²) in [7, 11) is 0. The van der Waals surface area contributed by atoms with Crippen LogP contribution in [0.1, 0.15) is 29.0 Å². The molecule has 0 aliphatic carbocycles. The molecule has 0 fully saturated rings. The molecule has 0 amide bonds. The number of fused-ring (bicyclic) bond motifs is 6. The number of hydrogen-bond donors (Lipinski definition) is 2. The third kappa shape index (κ3) is 5.11. The lowest BCUT2D eigenvalue weighted by Gasteiger charge is -2.32. The normalized spacial score (nSPS) is 16.1. The van der Waals surface area contributed by atoms with E-state index >= 15 is 0 Å². The van der Waals surface area contributed by atoms with E-state index in [2.05, 4.69) is 187 Å². The maximum absolute atomic E-state index is 5.41. The smallest absolute Gasteiger partial charge is 0.131 e. The van der Waals surface area contributed by atoms with Crippen molar-refractivity contribution < 1.29 is 0 Å². The molecule has 2 unspecified atom stereocenters. The van der Waals surface area contributed by atoms with Gasteiger partial charge in [0, 0.05) is 5.56 Å². The van der Waals surface area contributed by atoms with E-state index in [-0.39, 0.29) is 12.3 Å². The molecule has 228 valence electrons. The molecule has 0 bridgehead atoms. The van der Waals surface area contributed by atoms with E-state index in [9.17, 15) is 0 Å². The highest BCUT2D eigenvalue weighted by atomic mass is 15.3. The minimum absolute atomic E-state index is 0.131. The molecule has 0 spiro atoms. The van der Waals surface area contributed by atoms with Crippen LogP contribution in [0.5, 0.6) is 0 Å². The van der Waals surface area contributed by atoms with Crippen LogP contribution in [0.3, 0.4) is 0 Å². The first-order valence-electron chi connectivity index (χ1n) is 16.5. The van der Waals surface area contributed by atoms with E-state index in [1.54, 1.807) is 0 Å².